The monoisotopic (exact) mass is 440 g/mol. The minimum atomic E-state index is -4.78. The number of nitrogens with two attached hydrogens (primary N) is 1. The Kier molecular flexibility index (Phi) is 5.16. The van der Waals surface area contributed by atoms with E-state index in [2.05, 4.69) is 4.99 Å². The van der Waals surface area contributed by atoms with Crippen molar-refractivity contribution in [3.63, 3.8) is 0 Å². The molecule has 3 N–H and O–H groups in total. The topological polar surface area (TPSA) is 84.9 Å². The molecule has 1 aliphatic heterocycles. The van der Waals surface area contributed by atoms with E-state index in [9.17, 15) is 23.1 Å². The van der Waals surface area contributed by atoms with Gasteiger partial charge in [0.1, 0.15) is 11.6 Å². The second-order valence-corrected chi connectivity index (χ2v) is 7.52. The van der Waals surface area contributed by atoms with Gasteiger partial charge in [0, 0.05) is 12.0 Å². The molecule has 0 aromatic heterocycles. The van der Waals surface area contributed by atoms with Gasteiger partial charge in [-0.05, 0) is 52.6 Å². The summed E-state index contributed by atoms with van der Waals surface area (Å²) in [6.45, 7) is 0. The fraction of sp³-hybridized carbons (Fsp3) is 0.167. The van der Waals surface area contributed by atoms with Gasteiger partial charge in [-0.3, -0.25) is 0 Å². The number of benzene rings is 3. The molecule has 1 unspecified atom stereocenters. The molecule has 0 spiro atoms. The maximum Gasteiger partial charge on any atom is 0.418 e. The predicted octanol–water partition coefficient (Wildman–Crippen LogP) is 4.78. The lowest BCUT2D eigenvalue weighted by molar-refractivity contribution is -0.189. The Balaban J connectivity index is 1.88. The summed E-state index contributed by atoms with van der Waals surface area (Å²) in [5.74, 6) is -0.938. The smallest absolute Gasteiger partial charge is 0.418 e. The molecule has 0 saturated carbocycles. The van der Waals surface area contributed by atoms with Gasteiger partial charge in [-0.2, -0.15) is 13.2 Å². The number of fused-ring (bicyclic) bond motifs is 1. The van der Waals surface area contributed by atoms with Crippen molar-refractivity contribution in [2.45, 2.75) is 18.1 Å². The molecule has 0 saturated heterocycles. The normalized spacial score (nSPS) is 17.9. The molecule has 3 aromatic rings. The number of nitrogens with zero attached hydrogens (tertiary/aromatic N) is 1. The zero-order chi connectivity index (χ0) is 23.1. The van der Waals surface area contributed by atoms with Crippen molar-refractivity contribution in [3.05, 3.63) is 89.0 Å². The highest BCUT2D eigenvalue weighted by molar-refractivity contribution is 6.01. The Morgan fingerprint density at radius 1 is 1.06 bits per heavy atom. The van der Waals surface area contributed by atoms with E-state index in [1.807, 2.05) is 0 Å². The highest BCUT2D eigenvalue weighted by atomic mass is 19.4. The fourth-order valence-electron chi connectivity index (χ4n) is 3.96. The molecular formula is C24H19F3N2O3. The number of carboxylic acid groups (broad SMARTS) is 1. The van der Waals surface area contributed by atoms with Gasteiger partial charge < -0.3 is 15.6 Å². The highest BCUT2D eigenvalue weighted by Crippen LogP contribution is 2.48. The molecule has 1 aliphatic rings. The van der Waals surface area contributed by atoms with Gasteiger partial charge in [0.05, 0.1) is 12.7 Å². The molecule has 5 nitrogen and oxygen atoms in total. The Morgan fingerprint density at radius 2 is 1.75 bits per heavy atom. The largest absolute Gasteiger partial charge is 0.497 e. The molecule has 8 heteroatoms. The number of aliphatic imine (C=N–C) groups is 1. The molecule has 0 fully saturated rings. The first kappa shape index (κ1) is 21.4. The SMILES string of the molecule is COc1cccc(-c2cccc(C3(C(F)(F)F)Cc4cc(C(=O)O)ccc4C(N)=N3)c2)c1. The van der Waals surface area contributed by atoms with E-state index in [1.165, 1.54) is 43.5 Å². The number of methoxy groups -OCH3 is 1. The fourth-order valence-corrected chi connectivity index (χ4v) is 3.96. The summed E-state index contributed by atoms with van der Waals surface area (Å²) in [7, 11) is 1.51. The number of amidine groups is 1. The second kappa shape index (κ2) is 7.71. The molecule has 4 rings (SSSR count). The number of rotatable bonds is 4. The maximum absolute atomic E-state index is 14.6. The zero-order valence-corrected chi connectivity index (χ0v) is 17.0. The zero-order valence-electron chi connectivity index (χ0n) is 17.0. The van der Waals surface area contributed by atoms with Crippen molar-refractivity contribution >= 4 is 11.8 Å². The molecule has 0 amide bonds. The first-order valence-corrected chi connectivity index (χ1v) is 9.68. The summed E-state index contributed by atoms with van der Waals surface area (Å²) in [5.41, 5.74) is 4.85. The van der Waals surface area contributed by atoms with E-state index in [0.717, 1.165) is 0 Å². The van der Waals surface area contributed by atoms with E-state index < -0.39 is 24.1 Å². The lowest BCUT2D eigenvalue weighted by Crippen LogP contribution is -2.47. The molecule has 0 aliphatic carbocycles. The Morgan fingerprint density at radius 3 is 2.41 bits per heavy atom. The minimum absolute atomic E-state index is 0.0837. The van der Waals surface area contributed by atoms with Crippen LogP contribution < -0.4 is 10.5 Å². The van der Waals surface area contributed by atoms with Crippen molar-refractivity contribution < 1.29 is 27.8 Å². The summed E-state index contributed by atoms with van der Waals surface area (Å²) >= 11 is 0. The number of hydrogen-bond donors (Lipinski definition) is 2. The molecule has 32 heavy (non-hydrogen) atoms. The molecule has 164 valence electrons. The van der Waals surface area contributed by atoms with E-state index in [0.29, 0.717) is 22.4 Å². The Labute approximate surface area is 182 Å². The van der Waals surface area contributed by atoms with E-state index in [4.69, 9.17) is 10.5 Å². The Bertz CT molecular complexity index is 1240. The van der Waals surface area contributed by atoms with Crippen LogP contribution in [0.15, 0.2) is 71.7 Å². The van der Waals surface area contributed by atoms with Crippen molar-refractivity contribution in [1.82, 2.24) is 0 Å². The van der Waals surface area contributed by atoms with Crippen LogP contribution in [0.3, 0.4) is 0 Å². The lowest BCUT2D eigenvalue weighted by atomic mass is 9.78. The Hall–Kier alpha value is -3.81. The lowest BCUT2D eigenvalue weighted by Gasteiger charge is -2.37. The van der Waals surface area contributed by atoms with Crippen LogP contribution >= 0.6 is 0 Å². The number of ether oxygens (including phenoxy) is 1. The quantitative estimate of drug-likeness (QED) is 0.612. The average molecular weight is 440 g/mol. The second-order valence-electron chi connectivity index (χ2n) is 7.52. The van der Waals surface area contributed by atoms with Gasteiger partial charge in [0.2, 0.25) is 0 Å². The number of halogens is 3. The van der Waals surface area contributed by atoms with Gasteiger partial charge >= 0.3 is 12.1 Å². The summed E-state index contributed by atoms with van der Waals surface area (Å²) in [5, 5.41) is 9.27. The van der Waals surface area contributed by atoms with Crippen molar-refractivity contribution in [1.29, 1.82) is 0 Å². The predicted molar refractivity (Wildman–Crippen MR) is 114 cm³/mol. The summed E-state index contributed by atoms with van der Waals surface area (Å²) in [6.07, 6.45) is -5.34. The van der Waals surface area contributed by atoms with Crippen LogP contribution in [-0.2, 0) is 12.0 Å². The van der Waals surface area contributed by atoms with Crippen LogP contribution in [0.25, 0.3) is 11.1 Å². The van der Waals surface area contributed by atoms with Gasteiger partial charge in [-0.15, -0.1) is 0 Å². The molecule has 0 bridgehead atoms. The molecule has 1 atom stereocenters. The van der Waals surface area contributed by atoms with Crippen LogP contribution in [-0.4, -0.2) is 30.2 Å². The van der Waals surface area contributed by atoms with Gasteiger partial charge in [0.15, 0.2) is 5.54 Å². The molecule has 1 heterocycles. The van der Waals surface area contributed by atoms with Crippen molar-refractivity contribution in [2.24, 2.45) is 10.7 Å². The standard InChI is InChI=1S/C24H19F3N2O3/c1-32-19-7-3-5-15(12-19)14-4-2-6-18(11-14)23(24(25,26)27)13-17-10-16(22(30)31)8-9-20(17)21(28)29-23/h2-12H,13H2,1H3,(H2,28,29)(H,30,31). The van der Waals surface area contributed by atoms with Gasteiger partial charge in [-0.25, -0.2) is 9.79 Å². The number of aromatic carboxylic acids is 1. The van der Waals surface area contributed by atoms with Gasteiger partial charge in [0.25, 0.3) is 0 Å². The van der Waals surface area contributed by atoms with Crippen molar-refractivity contribution in [2.75, 3.05) is 7.11 Å². The third kappa shape index (κ3) is 3.57. The molecule has 0 radical (unpaired) electrons. The van der Waals surface area contributed by atoms with Gasteiger partial charge in [-0.1, -0.05) is 36.4 Å². The number of alkyl halides is 3. The minimum Gasteiger partial charge on any atom is -0.497 e. The number of carboxylic acids is 1. The van der Waals surface area contributed by atoms with Crippen LogP contribution in [0.1, 0.15) is 27.0 Å². The summed E-state index contributed by atoms with van der Waals surface area (Å²) < 4.78 is 48.9. The van der Waals surface area contributed by atoms with Crippen LogP contribution in [0.5, 0.6) is 5.75 Å². The number of carbonyl (C=O) groups is 1. The van der Waals surface area contributed by atoms with E-state index in [1.54, 1.807) is 30.3 Å². The summed E-state index contributed by atoms with van der Waals surface area (Å²) in [4.78, 5) is 15.3. The average Bonchev–Trinajstić information content (AvgIpc) is 2.78. The van der Waals surface area contributed by atoms with E-state index in [-0.39, 0.29) is 22.5 Å². The summed E-state index contributed by atoms with van der Waals surface area (Å²) in [6, 6.07) is 17.0. The maximum atomic E-state index is 14.6. The van der Waals surface area contributed by atoms with E-state index >= 15 is 0 Å². The first-order chi connectivity index (χ1) is 15.1. The third-order valence-corrected chi connectivity index (χ3v) is 5.60. The van der Waals surface area contributed by atoms with Crippen LogP contribution in [0.4, 0.5) is 13.2 Å². The highest BCUT2D eigenvalue weighted by Gasteiger charge is 2.58. The third-order valence-electron chi connectivity index (χ3n) is 5.60. The first-order valence-electron chi connectivity index (χ1n) is 9.68. The molecular weight excluding hydrogens is 421 g/mol. The van der Waals surface area contributed by atoms with Crippen LogP contribution in [0.2, 0.25) is 0 Å². The molecule has 3 aromatic carbocycles. The van der Waals surface area contributed by atoms with Crippen LogP contribution in [0, 0.1) is 0 Å². The number of hydrogen-bond acceptors (Lipinski definition) is 4. The van der Waals surface area contributed by atoms with Crippen molar-refractivity contribution in [3.8, 4) is 16.9 Å².